The lowest BCUT2D eigenvalue weighted by molar-refractivity contribution is -0.136. The lowest BCUT2D eigenvalue weighted by Crippen LogP contribution is -2.43. The summed E-state index contributed by atoms with van der Waals surface area (Å²) in [7, 11) is 1.75. The van der Waals surface area contributed by atoms with Crippen LogP contribution in [0.2, 0.25) is 0 Å². The number of thiazole rings is 1. The fraction of sp³-hybridized carbons (Fsp3) is 0.538. The average Bonchev–Trinajstić information content (AvgIpc) is 3.29. The lowest BCUT2D eigenvalue weighted by Gasteiger charge is -2.23. The summed E-state index contributed by atoms with van der Waals surface area (Å²) in [6.07, 6.45) is 3.50. The standard InChI is InChI=1S/C13H17N7O2S2/c1-19-13(16-17-18-19)24-7-4-10(21)20-6-2-3-9(20)11(22)15-12-14-5-8-23-12/h5,8-9H,2-4,6-7H2,1H3,(H,14,15,22). The van der Waals surface area contributed by atoms with E-state index in [2.05, 4.69) is 25.8 Å². The summed E-state index contributed by atoms with van der Waals surface area (Å²) in [5.41, 5.74) is 0. The summed E-state index contributed by atoms with van der Waals surface area (Å²) in [6, 6.07) is -0.414. The largest absolute Gasteiger partial charge is 0.331 e. The van der Waals surface area contributed by atoms with E-state index in [4.69, 9.17) is 0 Å². The van der Waals surface area contributed by atoms with E-state index in [1.807, 2.05) is 0 Å². The van der Waals surface area contributed by atoms with Crippen molar-refractivity contribution in [2.45, 2.75) is 30.5 Å². The van der Waals surface area contributed by atoms with Crippen LogP contribution < -0.4 is 5.32 Å². The van der Waals surface area contributed by atoms with Gasteiger partial charge in [-0.25, -0.2) is 9.67 Å². The Hall–Kier alpha value is -2.01. The van der Waals surface area contributed by atoms with Gasteiger partial charge in [0, 0.05) is 37.3 Å². The van der Waals surface area contributed by atoms with Crippen molar-refractivity contribution in [1.29, 1.82) is 0 Å². The maximum atomic E-state index is 12.4. The fourth-order valence-corrected chi connectivity index (χ4v) is 3.84. The number of hydrogen-bond acceptors (Lipinski definition) is 8. The Morgan fingerprint density at radius 1 is 1.50 bits per heavy atom. The van der Waals surface area contributed by atoms with Crippen molar-refractivity contribution in [3.63, 3.8) is 0 Å². The van der Waals surface area contributed by atoms with E-state index in [0.717, 1.165) is 6.42 Å². The number of aryl methyl sites for hydroxylation is 1. The van der Waals surface area contributed by atoms with Crippen molar-refractivity contribution < 1.29 is 9.59 Å². The molecule has 0 bridgehead atoms. The van der Waals surface area contributed by atoms with E-state index >= 15 is 0 Å². The third-order valence-corrected chi connectivity index (χ3v) is 5.37. The maximum absolute atomic E-state index is 12.4. The molecule has 1 fully saturated rings. The highest BCUT2D eigenvalue weighted by Gasteiger charge is 2.34. The third-order valence-electron chi connectivity index (χ3n) is 3.67. The summed E-state index contributed by atoms with van der Waals surface area (Å²) in [4.78, 5) is 30.5. The topological polar surface area (TPSA) is 106 Å². The van der Waals surface area contributed by atoms with Gasteiger partial charge < -0.3 is 10.2 Å². The molecule has 3 heterocycles. The van der Waals surface area contributed by atoms with Gasteiger partial charge in [-0.05, 0) is 23.3 Å². The number of amides is 2. The van der Waals surface area contributed by atoms with Gasteiger partial charge in [0.2, 0.25) is 17.0 Å². The Balaban J connectivity index is 1.51. The van der Waals surface area contributed by atoms with E-state index in [1.165, 1.54) is 23.1 Å². The number of anilines is 1. The van der Waals surface area contributed by atoms with Gasteiger partial charge in [-0.1, -0.05) is 11.8 Å². The van der Waals surface area contributed by atoms with Gasteiger partial charge in [0.1, 0.15) is 6.04 Å². The van der Waals surface area contributed by atoms with E-state index in [1.54, 1.807) is 28.2 Å². The van der Waals surface area contributed by atoms with Gasteiger partial charge in [0.25, 0.3) is 0 Å². The Labute approximate surface area is 146 Å². The van der Waals surface area contributed by atoms with Gasteiger partial charge in [-0.2, -0.15) is 0 Å². The van der Waals surface area contributed by atoms with Gasteiger partial charge in [0.15, 0.2) is 5.13 Å². The summed E-state index contributed by atoms with van der Waals surface area (Å²) < 4.78 is 1.56. The number of carbonyl (C=O) groups excluding carboxylic acids is 2. The third kappa shape index (κ3) is 3.90. The zero-order valence-electron chi connectivity index (χ0n) is 13.1. The van der Waals surface area contributed by atoms with Crippen LogP contribution in [0.1, 0.15) is 19.3 Å². The minimum Gasteiger partial charge on any atom is -0.331 e. The molecule has 1 aliphatic heterocycles. The SMILES string of the molecule is Cn1nnnc1SCCC(=O)N1CCCC1C(=O)Nc1nccs1. The van der Waals surface area contributed by atoms with Gasteiger partial charge in [-0.15, -0.1) is 16.4 Å². The van der Waals surface area contributed by atoms with Crippen LogP contribution in [0.5, 0.6) is 0 Å². The van der Waals surface area contributed by atoms with Gasteiger partial charge in [-0.3, -0.25) is 9.59 Å². The molecule has 3 rings (SSSR count). The highest BCUT2D eigenvalue weighted by Crippen LogP contribution is 2.22. The van der Waals surface area contributed by atoms with Crippen LogP contribution in [0.3, 0.4) is 0 Å². The van der Waals surface area contributed by atoms with Crippen LogP contribution in [0.4, 0.5) is 5.13 Å². The van der Waals surface area contributed by atoms with Crippen LogP contribution in [-0.2, 0) is 16.6 Å². The molecule has 0 aromatic carbocycles. The number of aromatic nitrogens is 5. The summed E-state index contributed by atoms with van der Waals surface area (Å²) in [6.45, 7) is 0.616. The number of tetrazole rings is 1. The van der Waals surface area contributed by atoms with E-state index < -0.39 is 6.04 Å². The second-order valence-corrected chi connectivity index (χ2v) is 7.21. The van der Waals surface area contributed by atoms with Crippen molar-refractivity contribution in [1.82, 2.24) is 30.1 Å². The molecule has 0 spiro atoms. The van der Waals surface area contributed by atoms with E-state index in [-0.39, 0.29) is 11.8 Å². The smallest absolute Gasteiger partial charge is 0.248 e. The van der Waals surface area contributed by atoms with E-state index in [0.29, 0.717) is 35.4 Å². The molecule has 0 saturated carbocycles. The summed E-state index contributed by atoms with van der Waals surface area (Å²) >= 11 is 2.79. The number of nitrogens with zero attached hydrogens (tertiary/aromatic N) is 6. The Bertz CT molecular complexity index is 703. The predicted molar refractivity (Wildman–Crippen MR) is 89.6 cm³/mol. The minimum atomic E-state index is -0.414. The first-order chi connectivity index (χ1) is 11.6. The monoisotopic (exact) mass is 367 g/mol. The predicted octanol–water partition coefficient (Wildman–Crippen LogP) is 0.778. The molecule has 24 heavy (non-hydrogen) atoms. The molecule has 2 amide bonds. The molecule has 1 atom stereocenters. The fourth-order valence-electron chi connectivity index (χ4n) is 2.53. The Kier molecular flexibility index (Phi) is 5.41. The zero-order chi connectivity index (χ0) is 16.9. The number of likely N-dealkylation sites (tertiary alicyclic amines) is 1. The van der Waals surface area contributed by atoms with Gasteiger partial charge >= 0.3 is 0 Å². The molecule has 11 heteroatoms. The lowest BCUT2D eigenvalue weighted by atomic mass is 10.2. The first-order valence-corrected chi connectivity index (χ1v) is 9.36. The Morgan fingerprint density at radius 2 is 2.38 bits per heavy atom. The highest BCUT2D eigenvalue weighted by atomic mass is 32.2. The molecule has 1 unspecified atom stereocenters. The van der Waals surface area contributed by atoms with Crippen LogP contribution in [0, 0.1) is 0 Å². The quantitative estimate of drug-likeness (QED) is 0.752. The van der Waals surface area contributed by atoms with E-state index in [9.17, 15) is 9.59 Å². The number of hydrogen-bond donors (Lipinski definition) is 1. The first-order valence-electron chi connectivity index (χ1n) is 7.50. The summed E-state index contributed by atoms with van der Waals surface area (Å²) in [5, 5.41) is 17.0. The maximum Gasteiger partial charge on any atom is 0.248 e. The second-order valence-electron chi connectivity index (χ2n) is 5.26. The molecule has 1 saturated heterocycles. The molecule has 1 N–H and O–H groups in total. The Morgan fingerprint density at radius 3 is 3.08 bits per heavy atom. The van der Waals surface area contributed by atoms with Crippen molar-refractivity contribution in [3.8, 4) is 0 Å². The highest BCUT2D eigenvalue weighted by molar-refractivity contribution is 7.99. The second kappa shape index (κ2) is 7.71. The molecule has 2 aromatic rings. The van der Waals surface area contributed by atoms with Crippen LogP contribution in [0.15, 0.2) is 16.7 Å². The van der Waals surface area contributed by atoms with Crippen molar-refractivity contribution in [3.05, 3.63) is 11.6 Å². The zero-order valence-corrected chi connectivity index (χ0v) is 14.7. The normalized spacial score (nSPS) is 17.2. The number of nitrogens with one attached hydrogen (secondary N) is 1. The van der Waals surface area contributed by atoms with Crippen LogP contribution >= 0.6 is 23.1 Å². The minimum absolute atomic E-state index is 0.0191. The number of thioether (sulfide) groups is 1. The number of carbonyl (C=O) groups is 2. The molecule has 0 aliphatic carbocycles. The molecule has 0 radical (unpaired) electrons. The average molecular weight is 367 g/mol. The number of rotatable bonds is 6. The first kappa shape index (κ1) is 16.8. The van der Waals surface area contributed by atoms with Gasteiger partial charge in [0.05, 0.1) is 0 Å². The molecule has 128 valence electrons. The van der Waals surface area contributed by atoms with Crippen molar-refractivity contribution >= 4 is 40.0 Å². The molecule has 1 aliphatic rings. The van der Waals surface area contributed by atoms with Crippen molar-refractivity contribution in [2.24, 2.45) is 7.05 Å². The molecular weight excluding hydrogens is 350 g/mol. The molecule has 9 nitrogen and oxygen atoms in total. The summed E-state index contributed by atoms with van der Waals surface area (Å²) in [5.74, 6) is 0.389. The van der Waals surface area contributed by atoms with Crippen LogP contribution in [0.25, 0.3) is 0 Å². The molecule has 2 aromatic heterocycles. The van der Waals surface area contributed by atoms with Crippen LogP contribution in [-0.4, -0.2) is 60.2 Å². The van der Waals surface area contributed by atoms with Crippen molar-refractivity contribution in [2.75, 3.05) is 17.6 Å². The molecular formula is C13H17N7O2S2.